The fraction of sp³-hybridized carbons (Fsp3) is 0.409. The first-order valence-corrected chi connectivity index (χ1v) is 8.98. The summed E-state index contributed by atoms with van der Waals surface area (Å²) in [6, 6.07) is 11.2. The minimum absolute atomic E-state index is 0.254. The molecule has 0 saturated heterocycles. The van der Waals surface area contributed by atoms with Crippen LogP contribution in [0, 0.1) is 5.92 Å². The average Bonchev–Trinajstić information content (AvgIpc) is 3.18. The summed E-state index contributed by atoms with van der Waals surface area (Å²) in [7, 11) is 0. The number of carbonyl (C=O) groups is 1. The van der Waals surface area contributed by atoms with Crippen molar-refractivity contribution in [2.75, 3.05) is 0 Å². The van der Waals surface area contributed by atoms with Crippen LogP contribution in [0.3, 0.4) is 0 Å². The SMILES string of the molecule is CCc1cccc2cc3c(cc12)C(=O)CCC31CC2=CCC1C2. The summed E-state index contributed by atoms with van der Waals surface area (Å²) < 4.78 is 0. The number of carbonyl (C=O) groups excluding carboxylic acids is 1. The van der Waals surface area contributed by atoms with Crippen LogP contribution in [0.2, 0.25) is 0 Å². The van der Waals surface area contributed by atoms with Crippen molar-refractivity contribution >= 4 is 16.6 Å². The van der Waals surface area contributed by atoms with Gasteiger partial charge in [0.1, 0.15) is 0 Å². The van der Waals surface area contributed by atoms with Crippen LogP contribution in [0.25, 0.3) is 10.8 Å². The van der Waals surface area contributed by atoms with E-state index in [-0.39, 0.29) is 5.41 Å². The molecule has 23 heavy (non-hydrogen) atoms. The number of ketones is 1. The smallest absolute Gasteiger partial charge is 0.163 e. The van der Waals surface area contributed by atoms with Gasteiger partial charge in [-0.25, -0.2) is 0 Å². The summed E-state index contributed by atoms with van der Waals surface area (Å²) >= 11 is 0. The summed E-state index contributed by atoms with van der Waals surface area (Å²) in [6.07, 6.45) is 8.93. The van der Waals surface area contributed by atoms with Gasteiger partial charge in [0.25, 0.3) is 0 Å². The summed E-state index contributed by atoms with van der Waals surface area (Å²) in [5, 5.41) is 2.59. The lowest BCUT2D eigenvalue weighted by Gasteiger charge is -2.41. The molecule has 0 radical (unpaired) electrons. The van der Waals surface area contributed by atoms with Crippen LogP contribution in [-0.2, 0) is 11.8 Å². The first kappa shape index (κ1) is 13.5. The number of fused-ring (bicyclic) bond motifs is 6. The van der Waals surface area contributed by atoms with Gasteiger partial charge in [0, 0.05) is 17.4 Å². The second-order valence-electron chi connectivity index (χ2n) is 7.64. The summed E-state index contributed by atoms with van der Waals surface area (Å²) in [4.78, 5) is 12.7. The van der Waals surface area contributed by atoms with Crippen LogP contribution in [0.4, 0.5) is 0 Å². The van der Waals surface area contributed by atoms with Gasteiger partial charge < -0.3 is 0 Å². The van der Waals surface area contributed by atoms with Crippen LogP contribution in [0.1, 0.15) is 60.5 Å². The molecule has 2 unspecified atom stereocenters. The normalized spacial score (nSPS) is 28.5. The van der Waals surface area contributed by atoms with Crippen molar-refractivity contribution in [1.29, 1.82) is 0 Å². The molecule has 116 valence electrons. The van der Waals surface area contributed by atoms with Gasteiger partial charge in [-0.3, -0.25) is 4.79 Å². The van der Waals surface area contributed by atoms with E-state index >= 15 is 0 Å². The van der Waals surface area contributed by atoms with Crippen LogP contribution in [0.15, 0.2) is 42.0 Å². The maximum absolute atomic E-state index is 12.7. The Labute approximate surface area is 137 Å². The molecule has 3 aliphatic carbocycles. The lowest BCUT2D eigenvalue weighted by atomic mass is 9.62. The largest absolute Gasteiger partial charge is 0.294 e. The molecule has 0 aliphatic heterocycles. The number of allylic oxidation sites excluding steroid dienone is 2. The van der Waals surface area contributed by atoms with Crippen LogP contribution < -0.4 is 0 Å². The molecule has 2 bridgehead atoms. The van der Waals surface area contributed by atoms with E-state index < -0.39 is 0 Å². The molecule has 0 N–H and O–H groups in total. The number of hydrogen-bond acceptors (Lipinski definition) is 1. The van der Waals surface area contributed by atoms with Crippen molar-refractivity contribution < 1.29 is 4.79 Å². The third kappa shape index (κ3) is 1.71. The number of Topliss-reactive ketones (excluding diaryl/α,β-unsaturated/α-hetero) is 1. The van der Waals surface area contributed by atoms with Gasteiger partial charge >= 0.3 is 0 Å². The summed E-state index contributed by atoms with van der Waals surface area (Å²) in [5.74, 6) is 1.09. The zero-order valence-electron chi connectivity index (χ0n) is 13.7. The van der Waals surface area contributed by atoms with E-state index in [2.05, 4.69) is 43.3 Å². The number of hydrogen-bond donors (Lipinski definition) is 0. The minimum atomic E-state index is 0.254. The van der Waals surface area contributed by atoms with E-state index in [9.17, 15) is 4.79 Å². The van der Waals surface area contributed by atoms with Crippen molar-refractivity contribution in [3.05, 3.63) is 58.7 Å². The van der Waals surface area contributed by atoms with E-state index in [4.69, 9.17) is 0 Å². The molecular weight excluding hydrogens is 280 g/mol. The fourth-order valence-electron chi connectivity index (χ4n) is 5.46. The summed E-state index contributed by atoms with van der Waals surface area (Å²) in [6.45, 7) is 2.19. The number of aryl methyl sites for hydroxylation is 1. The molecule has 2 atom stereocenters. The van der Waals surface area contributed by atoms with Gasteiger partial charge in [0.15, 0.2) is 5.78 Å². The molecule has 1 fully saturated rings. The summed E-state index contributed by atoms with van der Waals surface area (Å²) in [5.41, 5.74) is 5.63. The van der Waals surface area contributed by atoms with E-state index in [1.807, 2.05) is 0 Å². The lowest BCUT2D eigenvalue weighted by Crippen LogP contribution is -2.37. The molecule has 0 heterocycles. The monoisotopic (exact) mass is 302 g/mol. The van der Waals surface area contributed by atoms with Gasteiger partial charge in [0.2, 0.25) is 0 Å². The number of benzene rings is 2. The predicted molar refractivity (Wildman–Crippen MR) is 94.0 cm³/mol. The fourth-order valence-corrected chi connectivity index (χ4v) is 5.46. The maximum Gasteiger partial charge on any atom is 0.163 e. The third-order valence-corrected chi connectivity index (χ3v) is 6.65. The van der Waals surface area contributed by atoms with Crippen molar-refractivity contribution in [3.63, 3.8) is 0 Å². The molecule has 2 aromatic rings. The van der Waals surface area contributed by atoms with Gasteiger partial charge in [-0.15, -0.1) is 0 Å². The van der Waals surface area contributed by atoms with E-state index in [0.717, 1.165) is 30.7 Å². The number of rotatable bonds is 1. The quantitative estimate of drug-likeness (QED) is 0.648. The Kier molecular flexibility index (Phi) is 2.69. The molecule has 1 nitrogen and oxygen atoms in total. The van der Waals surface area contributed by atoms with E-state index in [0.29, 0.717) is 5.78 Å². The van der Waals surface area contributed by atoms with Crippen LogP contribution in [-0.4, -0.2) is 5.78 Å². The van der Waals surface area contributed by atoms with Crippen molar-refractivity contribution in [2.24, 2.45) is 5.92 Å². The van der Waals surface area contributed by atoms with Crippen LogP contribution >= 0.6 is 0 Å². The van der Waals surface area contributed by atoms with E-state index in [1.165, 1.54) is 41.2 Å². The Hall–Kier alpha value is -1.89. The Balaban J connectivity index is 1.79. The van der Waals surface area contributed by atoms with E-state index in [1.54, 1.807) is 5.57 Å². The zero-order chi connectivity index (χ0) is 15.6. The average molecular weight is 302 g/mol. The predicted octanol–water partition coefficient (Wildman–Crippen LogP) is 5.36. The first-order valence-electron chi connectivity index (χ1n) is 8.98. The second-order valence-corrected chi connectivity index (χ2v) is 7.64. The highest BCUT2D eigenvalue weighted by Crippen LogP contribution is 2.59. The molecule has 3 aliphatic rings. The molecule has 1 saturated carbocycles. The van der Waals surface area contributed by atoms with Crippen molar-refractivity contribution in [3.8, 4) is 0 Å². The Morgan fingerprint density at radius 2 is 2.17 bits per heavy atom. The Morgan fingerprint density at radius 3 is 2.91 bits per heavy atom. The molecule has 0 aromatic heterocycles. The highest BCUT2D eigenvalue weighted by Gasteiger charge is 2.51. The van der Waals surface area contributed by atoms with Crippen molar-refractivity contribution in [2.45, 2.75) is 50.9 Å². The molecular formula is C22H22O. The van der Waals surface area contributed by atoms with Gasteiger partial charge in [-0.1, -0.05) is 36.8 Å². The maximum atomic E-state index is 12.7. The van der Waals surface area contributed by atoms with Crippen LogP contribution in [0.5, 0.6) is 0 Å². The third-order valence-electron chi connectivity index (χ3n) is 6.65. The van der Waals surface area contributed by atoms with Crippen molar-refractivity contribution in [1.82, 2.24) is 0 Å². The highest BCUT2D eigenvalue weighted by atomic mass is 16.1. The highest BCUT2D eigenvalue weighted by molar-refractivity contribution is 6.03. The van der Waals surface area contributed by atoms with Gasteiger partial charge in [-0.05, 0) is 72.1 Å². The zero-order valence-corrected chi connectivity index (χ0v) is 13.7. The second kappa shape index (κ2) is 4.56. The Bertz CT molecular complexity index is 873. The molecule has 2 aromatic carbocycles. The Morgan fingerprint density at radius 1 is 1.26 bits per heavy atom. The molecule has 0 amide bonds. The lowest BCUT2D eigenvalue weighted by molar-refractivity contribution is 0.0940. The molecule has 1 heteroatoms. The molecule has 5 rings (SSSR count). The van der Waals surface area contributed by atoms with Gasteiger partial charge in [-0.2, -0.15) is 0 Å². The standard InChI is InChI=1S/C22H22O/c1-2-15-4-3-5-16-11-20-19(12-18(15)16)21(23)8-9-22(20)13-14-6-7-17(22)10-14/h3-6,11-12,17H,2,7-10,13H2,1H3. The topological polar surface area (TPSA) is 17.1 Å². The first-order chi connectivity index (χ1) is 11.2. The minimum Gasteiger partial charge on any atom is -0.294 e. The van der Waals surface area contributed by atoms with Gasteiger partial charge in [0.05, 0.1) is 0 Å². The molecule has 1 spiro atoms.